The topological polar surface area (TPSA) is 83.6 Å². The second-order valence-corrected chi connectivity index (χ2v) is 4.30. The summed E-state index contributed by atoms with van der Waals surface area (Å²) in [7, 11) is 1.65. The van der Waals surface area contributed by atoms with Crippen LogP contribution in [0.25, 0.3) is 11.1 Å². The first-order valence-electron chi connectivity index (χ1n) is 5.84. The second kappa shape index (κ2) is 5.51. The summed E-state index contributed by atoms with van der Waals surface area (Å²) in [5.74, 6) is -1.16. The minimum absolute atomic E-state index is 0.0103. The highest BCUT2D eigenvalue weighted by Crippen LogP contribution is 2.15. The number of aliphatic carboxylic acids is 1. The highest BCUT2D eigenvalue weighted by Gasteiger charge is 2.11. The van der Waals surface area contributed by atoms with Crippen molar-refractivity contribution in [2.24, 2.45) is 0 Å². The molecule has 0 atom stereocenters. The van der Waals surface area contributed by atoms with E-state index in [0.29, 0.717) is 12.1 Å². The molecule has 100 valence electrons. The van der Waals surface area contributed by atoms with Gasteiger partial charge in [0.05, 0.1) is 6.42 Å². The Bertz CT molecular complexity index is 605. The average Bonchev–Trinajstić information content (AvgIpc) is 2.83. The maximum Gasteiger partial charge on any atom is 0.303 e. The Morgan fingerprint density at radius 2 is 2.16 bits per heavy atom. The van der Waals surface area contributed by atoms with Crippen molar-refractivity contribution in [2.75, 3.05) is 7.05 Å². The fraction of sp³-hybridized carbons (Fsp3) is 0.308. The molecule has 0 fully saturated rings. The normalized spacial score (nSPS) is 10.6. The van der Waals surface area contributed by atoms with Gasteiger partial charge in [0.25, 0.3) is 0 Å². The number of nitrogens with zero attached hydrogens (tertiary/aromatic N) is 2. The van der Waals surface area contributed by atoms with Gasteiger partial charge in [0.1, 0.15) is 5.52 Å². The van der Waals surface area contributed by atoms with Crippen LogP contribution in [0.3, 0.4) is 0 Å². The lowest BCUT2D eigenvalue weighted by Crippen LogP contribution is -2.26. The lowest BCUT2D eigenvalue weighted by atomic mass is 10.2. The quantitative estimate of drug-likeness (QED) is 0.885. The van der Waals surface area contributed by atoms with Crippen LogP contribution >= 0.6 is 0 Å². The molecule has 1 aromatic heterocycles. The van der Waals surface area contributed by atoms with Crippen molar-refractivity contribution >= 4 is 23.0 Å². The third-order valence-corrected chi connectivity index (χ3v) is 2.79. The van der Waals surface area contributed by atoms with Crippen LogP contribution in [-0.2, 0) is 16.1 Å². The van der Waals surface area contributed by atoms with Crippen LogP contribution in [0, 0.1) is 0 Å². The summed E-state index contributed by atoms with van der Waals surface area (Å²) in [4.78, 5) is 27.6. The van der Waals surface area contributed by atoms with Gasteiger partial charge in [-0.25, -0.2) is 4.98 Å². The minimum atomic E-state index is -0.968. The number of carbonyl (C=O) groups excluding carboxylic acids is 1. The molecule has 0 aliphatic carbocycles. The number of carboxylic acids is 1. The Balaban J connectivity index is 1.99. The molecular weight excluding hydrogens is 248 g/mol. The number of carbonyl (C=O) groups is 2. The summed E-state index contributed by atoms with van der Waals surface area (Å²) >= 11 is 0. The molecule has 0 aliphatic heterocycles. The van der Waals surface area contributed by atoms with Crippen LogP contribution in [0.15, 0.2) is 29.0 Å². The van der Waals surface area contributed by atoms with E-state index < -0.39 is 5.97 Å². The Morgan fingerprint density at radius 3 is 2.89 bits per heavy atom. The van der Waals surface area contributed by atoms with E-state index >= 15 is 0 Å². The van der Waals surface area contributed by atoms with Crippen LogP contribution in [0.5, 0.6) is 0 Å². The molecule has 0 spiro atoms. The van der Waals surface area contributed by atoms with E-state index in [2.05, 4.69) is 4.98 Å². The zero-order valence-electron chi connectivity index (χ0n) is 10.5. The number of benzene rings is 1. The number of aromatic nitrogens is 1. The minimum Gasteiger partial charge on any atom is -0.481 e. The van der Waals surface area contributed by atoms with Crippen LogP contribution in [0.1, 0.15) is 18.4 Å². The van der Waals surface area contributed by atoms with E-state index in [0.717, 1.165) is 11.1 Å². The SMILES string of the molecule is CN(Cc1ccc2ncoc2c1)C(=O)CCC(=O)O. The fourth-order valence-corrected chi connectivity index (χ4v) is 1.76. The lowest BCUT2D eigenvalue weighted by molar-refractivity contribution is -0.140. The molecule has 1 N–H and O–H groups in total. The predicted octanol–water partition coefficient (Wildman–Crippen LogP) is 1.65. The molecule has 2 rings (SSSR count). The van der Waals surface area contributed by atoms with E-state index in [1.54, 1.807) is 7.05 Å². The summed E-state index contributed by atoms with van der Waals surface area (Å²) in [6.45, 7) is 0.412. The third-order valence-electron chi connectivity index (χ3n) is 2.79. The number of hydrogen-bond acceptors (Lipinski definition) is 4. The largest absolute Gasteiger partial charge is 0.481 e. The second-order valence-electron chi connectivity index (χ2n) is 4.30. The summed E-state index contributed by atoms with van der Waals surface area (Å²) in [5, 5.41) is 8.54. The average molecular weight is 262 g/mol. The van der Waals surface area contributed by atoms with Gasteiger partial charge in [0.15, 0.2) is 12.0 Å². The maximum absolute atomic E-state index is 11.7. The van der Waals surface area contributed by atoms with Gasteiger partial charge in [-0.05, 0) is 17.7 Å². The van der Waals surface area contributed by atoms with Gasteiger partial charge < -0.3 is 14.4 Å². The molecule has 0 bridgehead atoms. The van der Waals surface area contributed by atoms with Gasteiger partial charge >= 0.3 is 5.97 Å². The van der Waals surface area contributed by atoms with Gasteiger partial charge in [-0.1, -0.05) is 6.07 Å². The summed E-state index contributed by atoms with van der Waals surface area (Å²) in [5.41, 5.74) is 2.35. The first-order chi connectivity index (χ1) is 9.06. The van der Waals surface area contributed by atoms with E-state index in [4.69, 9.17) is 9.52 Å². The van der Waals surface area contributed by atoms with E-state index in [-0.39, 0.29) is 18.7 Å². The monoisotopic (exact) mass is 262 g/mol. The molecule has 1 heterocycles. The van der Waals surface area contributed by atoms with Crippen LogP contribution in [0.2, 0.25) is 0 Å². The molecule has 2 aromatic rings. The van der Waals surface area contributed by atoms with E-state index in [9.17, 15) is 9.59 Å². The molecule has 19 heavy (non-hydrogen) atoms. The van der Waals surface area contributed by atoms with E-state index in [1.807, 2.05) is 18.2 Å². The van der Waals surface area contributed by atoms with Crippen molar-refractivity contribution in [2.45, 2.75) is 19.4 Å². The number of fused-ring (bicyclic) bond motifs is 1. The van der Waals surface area contributed by atoms with Gasteiger partial charge in [-0.3, -0.25) is 9.59 Å². The summed E-state index contributed by atoms with van der Waals surface area (Å²) in [6.07, 6.45) is 1.23. The maximum atomic E-state index is 11.7. The molecule has 0 saturated carbocycles. The summed E-state index contributed by atoms with van der Waals surface area (Å²) in [6, 6.07) is 5.51. The molecular formula is C13H14N2O4. The van der Waals surface area contributed by atoms with Crippen molar-refractivity contribution in [3.8, 4) is 0 Å². The van der Waals surface area contributed by atoms with Crippen LogP contribution in [-0.4, -0.2) is 33.9 Å². The van der Waals surface area contributed by atoms with Crippen LogP contribution < -0.4 is 0 Å². The Hall–Kier alpha value is -2.37. The van der Waals surface area contributed by atoms with Gasteiger partial charge in [-0.2, -0.15) is 0 Å². The Labute approximate surface area is 109 Å². The third kappa shape index (κ3) is 3.31. The fourth-order valence-electron chi connectivity index (χ4n) is 1.76. The number of carboxylic acid groups (broad SMARTS) is 1. The predicted molar refractivity (Wildman–Crippen MR) is 67.4 cm³/mol. The van der Waals surface area contributed by atoms with Gasteiger partial charge in [-0.15, -0.1) is 0 Å². The number of hydrogen-bond donors (Lipinski definition) is 1. The molecule has 6 nitrogen and oxygen atoms in total. The highest BCUT2D eigenvalue weighted by molar-refractivity contribution is 5.80. The number of amides is 1. The van der Waals surface area contributed by atoms with Gasteiger partial charge in [0.2, 0.25) is 5.91 Å². The van der Waals surface area contributed by atoms with Crippen molar-refractivity contribution in [1.29, 1.82) is 0 Å². The lowest BCUT2D eigenvalue weighted by Gasteiger charge is -2.16. The highest BCUT2D eigenvalue weighted by atomic mass is 16.4. The van der Waals surface area contributed by atoms with Crippen LogP contribution in [0.4, 0.5) is 0 Å². The smallest absolute Gasteiger partial charge is 0.303 e. The number of oxazole rings is 1. The van der Waals surface area contributed by atoms with Gasteiger partial charge in [0, 0.05) is 20.0 Å². The number of rotatable bonds is 5. The molecule has 0 aliphatic rings. The summed E-state index contributed by atoms with van der Waals surface area (Å²) < 4.78 is 5.19. The van der Waals surface area contributed by atoms with Crippen molar-refractivity contribution in [3.63, 3.8) is 0 Å². The first kappa shape index (κ1) is 13.1. The van der Waals surface area contributed by atoms with E-state index in [1.165, 1.54) is 11.3 Å². The molecule has 0 saturated heterocycles. The molecule has 0 radical (unpaired) electrons. The zero-order chi connectivity index (χ0) is 13.8. The van der Waals surface area contributed by atoms with Crippen molar-refractivity contribution in [3.05, 3.63) is 30.2 Å². The first-order valence-corrected chi connectivity index (χ1v) is 5.84. The zero-order valence-corrected chi connectivity index (χ0v) is 10.5. The standard InChI is InChI=1S/C13H14N2O4/c1-15(12(16)4-5-13(17)18)7-9-2-3-10-11(6-9)19-8-14-10/h2-3,6,8H,4-5,7H2,1H3,(H,17,18). The van der Waals surface area contributed by atoms with Crippen molar-refractivity contribution in [1.82, 2.24) is 9.88 Å². The molecule has 1 aromatic carbocycles. The van der Waals surface area contributed by atoms with Crippen molar-refractivity contribution < 1.29 is 19.1 Å². The Kier molecular flexibility index (Phi) is 3.79. The molecule has 1 amide bonds. The molecule has 6 heteroatoms. The molecule has 0 unspecified atom stereocenters. The Morgan fingerprint density at radius 1 is 1.37 bits per heavy atom.